The number of alkyl halides is 1. The number of rotatable bonds is 5. The molecule has 0 aromatic carbocycles. The molecule has 0 atom stereocenters. The monoisotopic (exact) mass is 189 g/mol. The van der Waals surface area contributed by atoms with Crippen LogP contribution in [0.1, 0.15) is 39.5 Å². The van der Waals surface area contributed by atoms with Gasteiger partial charge >= 0.3 is 0 Å². The topological polar surface area (TPSA) is 12.0 Å². The molecule has 1 aliphatic rings. The molecular weight excluding hydrogens is 170 g/mol. The molecule has 1 nitrogen and oxygen atoms in total. The summed E-state index contributed by atoms with van der Waals surface area (Å²) in [6.45, 7) is 5.65. The van der Waals surface area contributed by atoms with Crippen molar-refractivity contribution in [3.05, 3.63) is 0 Å². The van der Waals surface area contributed by atoms with Crippen molar-refractivity contribution in [3.63, 3.8) is 0 Å². The van der Waals surface area contributed by atoms with E-state index in [0.717, 1.165) is 18.3 Å². The van der Waals surface area contributed by atoms with Crippen molar-refractivity contribution in [1.29, 1.82) is 0 Å². The zero-order chi connectivity index (χ0) is 9.03. The van der Waals surface area contributed by atoms with Crippen LogP contribution in [-0.2, 0) is 0 Å². The van der Waals surface area contributed by atoms with Crippen molar-refractivity contribution >= 4 is 11.6 Å². The predicted octanol–water partition coefficient (Wildman–Crippen LogP) is 2.78. The van der Waals surface area contributed by atoms with Crippen LogP contribution in [0.2, 0.25) is 0 Å². The van der Waals surface area contributed by atoms with Crippen molar-refractivity contribution < 1.29 is 0 Å². The zero-order valence-corrected chi connectivity index (χ0v) is 8.95. The molecule has 2 heteroatoms. The maximum Gasteiger partial charge on any atom is 0.0406 e. The van der Waals surface area contributed by atoms with E-state index in [1.807, 2.05) is 0 Å². The average molecular weight is 190 g/mol. The fraction of sp³-hybridized carbons (Fsp3) is 1.00. The lowest BCUT2D eigenvalue weighted by atomic mass is 9.78. The molecule has 12 heavy (non-hydrogen) atoms. The fourth-order valence-electron chi connectivity index (χ4n) is 1.59. The van der Waals surface area contributed by atoms with Gasteiger partial charge in [-0.25, -0.2) is 0 Å². The second-order valence-corrected chi connectivity index (χ2v) is 4.64. The lowest BCUT2D eigenvalue weighted by Gasteiger charge is -2.41. The molecule has 0 unspecified atom stereocenters. The van der Waals surface area contributed by atoms with Crippen molar-refractivity contribution in [3.8, 4) is 0 Å². The predicted molar refractivity (Wildman–Crippen MR) is 54.8 cm³/mol. The van der Waals surface area contributed by atoms with Crippen LogP contribution >= 0.6 is 11.6 Å². The van der Waals surface area contributed by atoms with Crippen LogP contribution in [0.15, 0.2) is 0 Å². The van der Waals surface area contributed by atoms with Gasteiger partial charge in [-0.2, -0.15) is 0 Å². The van der Waals surface area contributed by atoms with Crippen LogP contribution in [0.4, 0.5) is 0 Å². The molecule has 72 valence electrons. The summed E-state index contributed by atoms with van der Waals surface area (Å²) in [5.74, 6) is 1.58. The lowest BCUT2D eigenvalue weighted by Crippen LogP contribution is -2.53. The molecule has 0 bridgehead atoms. The summed E-state index contributed by atoms with van der Waals surface area (Å²) in [5.41, 5.74) is 0.316. The van der Waals surface area contributed by atoms with E-state index >= 15 is 0 Å². The highest BCUT2D eigenvalue weighted by atomic mass is 35.5. The summed E-state index contributed by atoms with van der Waals surface area (Å²) < 4.78 is 0. The molecule has 0 radical (unpaired) electrons. The van der Waals surface area contributed by atoms with Gasteiger partial charge in [-0.05, 0) is 38.1 Å². The second-order valence-electron chi connectivity index (χ2n) is 4.38. The Kier molecular flexibility index (Phi) is 3.85. The van der Waals surface area contributed by atoms with Gasteiger partial charge in [0.25, 0.3) is 0 Å². The van der Waals surface area contributed by atoms with Gasteiger partial charge in [-0.3, -0.25) is 0 Å². The van der Waals surface area contributed by atoms with Crippen molar-refractivity contribution in [2.75, 3.05) is 12.4 Å². The van der Waals surface area contributed by atoms with Crippen molar-refractivity contribution in [2.24, 2.45) is 5.92 Å². The maximum absolute atomic E-state index is 5.91. The molecule has 1 rings (SSSR count). The first-order valence-corrected chi connectivity index (χ1v) is 5.53. The van der Waals surface area contributed by atoms with E-state index in [0.29, 0.717) is 5.54 Å². The average Bonchev–Trinajstić information content (AvgIpc) is 1.94. The molecule has 1 N–H and O–H groups in total. The summed E-state index contributed by atoms with van der Waals surface area (Å²) >= 11 is 5.91. The van der Waals surface area contributed by atoms with Gasteiger partial charge in [0.05, 0.1) is 0 Å². The Bertz CT molecular complexity index is 124. The number of halogens is 1. The highest BCUT2D eigenvalue weighted by molar-refractivity contribution is 6.18. The standard InChI is InChI=1S/C10H20ClN/c1-9(2)4-7-12-10(8-11)5-3-6-10/h9,12H,3-8H2,1-2H3. The molecule has 0 saturated heterocycles. The van der Waals surface area contributed by atoms with E-state index in [1.165, 1.54) is 25.7 Å². The molecule has 1 fully saturated rings. The summed E-state index contributed by atoms with van der Waals surface area (Å²) in [6, 6.07) is 0. The van der Waals surface area contributed by atoms with Gasteiger partial charge in [-0.1, -0.05) is 13.8 Å². The Morgan fingerprint density at radius 2 is 2.08 bits per heavy atom. The third-order valence-electron chi connectivity index (χ3n) is 2.79. The Balaban J connectivity index is 2.12. The van der Waals surface area contributed by atoms with Crippen LogP contribution in [-0.4, -0.2) is 18.0 Å². The number of hydrogen-bond donors (Lipinski definition) is 1. The molecule has 1 aliphatic carbocycles. The van der Waals surface area contributed by atoms with E-state index < -0.39 is 0 Å². The van der Waals surface area contributed by atoms with Gasteiger partial charge in [0.1, 0.15) is 0 Å². The Morgan fingerprint density at radius 3 is 2.42 bits per heavy atom. The fourth-order valence-corrected chi connectivity index (χ4v) is 1.95. The highest BCUT2D eigenvalue weighted by Gasteiger charge is 2.34. The smallest absolute Gasteiger partial charge is 0.0406 e. The summed E-state index contributed by atoms with van der Waals surface area (Å²) in [6.07, 6.45) is 5.16. The first-order valence-electron chi connectivity index (χ1n) is 4.99. The van der Waals surface area contributed by atoms with E-state index in [1.54, 1.807) is 0 Å². The molecule has 0 heterocycles. The van der Waals surface area contributed by atoms with E-state index in [-0.39, 0.29) is 0 Å². The normalized spacial score (nSPS) is 21.0. The van der Waals surface area contributed by atoms with Crippen LogP contribution < -0.4 is 5.32 Å². The van der Waals surface area contributed by atoms with Gasteiger partial charge in [0.2, 0.25) is 0 Å². The Morgan fingerprint density at radius 1 is 1.42 bits per heavy atom. The number of nitrogens with one attached hydrogen (secondary N) is 1. The highest BCUT2D eigenvalue weighted by Crippen LogP contribution is 2.32. The molecule has 0 aromatic heterocycles. The van der Waals surface area contributed by atoms with Crippen LogP contribution in [0.5, 0.6) is 0 Å². The van der Waals surface area contributed by atoms with E-state index in [4.69, 9.17) is 11.6 Å². The summed E-state index contributed by atoms with van der Waals surface area (Å²) in [5, 5.41) is 3.58. The summed E-state index contributed by atoms with van der Waals surface area (Å²) in [7, 11) is 0. The molecule has 0 amide bonds. The molecule has 1 saturated carbocycles. The number of hydrogen-bond acceptors (Lipinski definition) is 1. The molecule has 0 aliphatic heterocycles. The Labute approximate surface area is 80.9 Å². The van der Waals surface area contributed by atoms with Gasteiger partial charge in [0, 0.05) is 11.4 Å². The molecule has 0 spiro atoms. The maximum atomic E-state index is 5.91. The van der Waals surface area contributed by atoms with E-state index in [9.17, 15) is 0 Å². The lowest BCUT2D eigenvalue weighted by molar-refractivity contribution is 0.210. The van der Waals surface area contributed by atoms with Crippen LogP contribution in [0, 0.1) is 5.92 Å². The van der Waals surface area contributed by atoms with Crippen molar-refractivity contribution in [1.82, 2.24) is 5.32 Å². The minimum atomic E-state index is 0.316. The summed E-state index contributed by atoms with van der Waals surface area (Å²) in [4.78, 5) is 0. The third-order valence-corrected chi connectivity index (χ3v) is 3.30. The Hall–Kier alpha value is 0.250. The van der Waals surface area contributed by atoms with Gasteiger partial charge in [-0.15, -0.1) is 11.6 Å². The second kappa shape index (κ2) is 4.48. The minimum Gasteiger partial charge on any atom is -0.310 e. The first kappa shape index (κ1) is 10.3. The molecular formula is C10H20ClN. The molecule has 0 aromatic rings. The SMILES string of the molecule is CC(C)CCNC1(CCl)CCC1. The first-order chi connectivity index (χ1) is 5.68. The van der Waals surface area contributed by atoms with Crippen LogP contribution in [0.25, 0.3) is 0 Å². The largest absolute Gasteiger partial charge is 0.310 e. The zero-order valence-electron chi connectivity index (χ0n) is 8.20. The third kappa shape index (κ3) is 2.63. The van der Waals surface area contributed by atoms with Gasteiger partial charge in [0.15, 0.2) is 0 Å². The quantitative estimate of drug-likeness (QED) is 0.656. The van der Waals surface area contributed by atoms with Crippen molar-refractivity contribution in [2.45, 2.75) is 45.1 Å². The van der Waals surface area contributed by atoms with Crippen LogP contribution in [0.3, 0.4) is 0 Å². The van der Waals surface area contributed by atoms with E-state index in [2.05, 4.69) is 19.2 Å². The minimum absolute atomic E-state index is 0.316. The van der Waals surface area contributed by atoms with Gasteiger partial charge < -0.3 is 5.32 Å².